The number of hydrogen-bond acceptors (Lipinski definition) is 5. The molecule has 0 N–H and O–H groups in total. The third-order valence-corrected chi connectivity index (χ3v) is 7.70. The lowest BCUT2D eigenvalue weighted by molar-refractivity contribution is 0.247. The van der Waals surface area contributed by atoms with E-state index in [0.717, 1.165) is 25.7 Å². The maximum atomic E-state index is 11.7. The fourth-order valence-corrected chi connectivity index (χ4v) is 7.10. The summed E-state index contributed by atoms with van der Waals surface area (Å²) in [5.74, 6) is -0.842. The van der Waals surface area contributed by atoms with Crippen LogP contribution in [0.5, 0.6) is 0 Å². The minimum Gasteiger partial charge on any atom is -0.500 e. The summed E-state index contributed by atoms with van der Waals surface area (Å²) in [5.41, 5.74) is 1.19. The second kappa shape index (κ2) is 5.21. The van der Waals surface area contributed by atoms with Crippen molar-refractivity contribution in [3.63, 3.8) is 0 Å². The maximum Gasteiger partial charge on any atom is 0.158 e. The minimum absolute atomic E-state index is 0.0505. The lowest BCUT2D eigenvalue weighted by Gasteiger charge is -2.21. The largest absolute Gasteiger partial charge is 0.500 e. The van der Waals surface area contributed by atoms with Crippen molar-refractivity contribution in [3.05, 3.63) is 11.8 Å². The highest BCUT2D eigenvalue weighted by Crippen LogP contribution is 2.24. The highest BCUT2D eigenvalue weighted by Gasteiger charge is 2.37. The summed E-state index contributed by atoms with van der Waals surface area (Å²) < 4.78 is 51.6. The van der Waals surface area contributed by atoms with Crippen molar-refractivity contribution >= 4 is 19.7 Å². The molecule has 1 saturated heterocycles. The van der Waals surface area contributed by atoms with E-state index in [2.05, 4.69) is 0 Å². The van der Waals surface area contributed by atoms with Crippen LogP contribution >= 0.6 is 0 Å². The molecule has 2 fully saturated rings. The molecule has 1 aliphatic heterocycles. The van der Waals surface area contributed by atoms with Crippen LogP contribution in [-0.2, 0) is 24.4 Å². The summed E-state index contributed by atoms with van der Waals surface area (Å²) in [6, 6.07) is 0. The molecule has 0 bridgehead atoms. The van der Waals surface area contributed by atoms with Gasteiger partial charge in [0.15, 0.2) is 19.7 Å². The number of ether oxygens (including phenoxy) is 1. The quantitative estimate of drug-likeness (QED) is 0.715. The molecule has 18 heavy (non-hydrogen) atoms. The summed E-state index contributed by atoms with van der Waals surface area (Å²) in [7, 11) is -6.56. The summed E-state index contributed by atoms with van der Waals surface area (Å²) >= 11 is 0. The Morgan fingerprint density at radius 3 is 2.44 bits per heavy atom. The number of allylic oxidation sites excluding steroid dienone is 1. The Hall–Kier alpha value is -0.560. The van der Waals surface area contributed by atoms with Crippen molar-refractivity contribution in [2.45, 2.75) is 30.9 Å². The van der Waals surface area contributed by atoms with Crippen molar-refractivity contribution in [1.82, 2.24) is 0 Å². The van der Waals surface area contributed by atoms with Gasteiger partial charge in [-0.05, 0) is 31.3 Å². The molecule has 104 valence electrons. The molecule has 2 aliphatic rings. The topological polar surface area (TPSA) is 77.5 Å². The fourth-order valence-electron chi connectivity index (χ4n) is 2.25. The standard InChI is InChI=1S/C11H18O5S2/c12-17(13)5-6-18(14,15)11(9-17)8-16-7-10-3-1-2-4-10/h7,11H,1-6,8-9H2. The molecule has 5 nitrogen and oxygen atoms in total. The summed E-state index contributed by atoms with van der Waals surface area (Å²) in [6.45, 7) is -0.0505. The molecular weight excluding hydrogens is 276 g/mol. The van der Waals surface area contributed by atoms with E-state index < -0.39 is 24.9 Å². The Balaban J connectivity index is 1.96. The zero-order chi connectivity index (χ0) is 13.2. The third-order valence-electron chi connectivity index (χ3n) is 3.40. The first-order valence-electron chi connectivity index (χ1n) is 6.11. The molecule has 1 aliphatic carbocycles. The smallest absolute Gasteiger partial charge is 0.158 e. The number of hydrogen-bond donors (Lipinski definition) is 0. The van der Waals surface area contributed by atoms with Gasteiger partial charge in [-0.15, -0.1) is 0 Å². The number of rotatable bonds is 3. The van der Waals surface area contributed by atoms with Crippen LogP contribution < -0.4 is 0 Å². The van der Waals surface area contributed by atoms with Crippen molar-refractivity contribution in [1.29, 1.82) is 0 Å². The van der Waals surface area contributed by atoms with Crippen LogP contribution in [0.3, 0.4) is 0 Å². The van der Waals surface area contributed by atoms with E-state index in [0.29, 0.717) is 0 Å². The second-order valence-corrected chi connectivity index (χ2v) is 9.55. The van der Waals surface area contributed by atoms with Crippen LogP contribution in [0.1, 0.15) is 25.7 Å². The lowest BCUT2D eigenvalue weighted by atomic mass is 10.3. The van der Waals surface area contributed by atoms with Crippen LogP contribution in [0.15, 0.2) is 11.8 Å². The van der Waals surface area contributed by atoms with E-state index in [1.54, 1.807) is 6.26 Å². The average Bonchev–Trinajstić information content (AvgIpc) is 2.77. The van der Waals surface area contributed by atoms with Crippen molar-refractivity contribution < 1.29 is 21.6 Å². The Kier molecular flexibility index (Phi) is 4.01. The molecule has 0 spiro atoms. The van der Waals surface area contributed by atoms with Crippen LogP contribution in [0.25, 0.3) is 0 Å². The van der Waals surface area contributed by atoms with E-state index in [-0.39, 0.29) is 23.9 Å². The Morgan fingerprint density at radius 1 is 1.11 bits per heavy atom. The predicted molar refractivity (Wildman–Crippen MR) is 68.7 cm³/mol. The molecule has 7 heteroatoms. The van der Waals surface area contributed by atoms with Gasteiger partial charge in [0.2, 0.25) is 0 Å². The molecule has 2 rings (SSSR count). The average molecular weight is 294 g/mol. The van der Waals surface area contributed by atoms with Crippen molar-refractivity contribution in [3.8, 4) is 0 Å². The highest BCUT2D eigenvalue weighted by atomic mass is 32.2. The van der Waals surface area contributed by atoms with E-state index in [4.69, 9.17) is 4.74 Å². The van der Waals surface area contributed by atoms with Gasteiger partial charge < -0.3 is 4.74 Å². The monoisotopic (exact) mass is 294 g/mol. The van der Waals surface area contributed by atoms with Gasteiger partial charge in [-0.1, -0.05) is 0 Å². The Labute approximate surface area is 108 Å². The van der Waals surface area contributed by atoms with Gasteiger partial charge in [0.05, 0.1) is 23.5 Å². The van der Waals surface area contributed by atoms with Gasteiger partial charge in [0, 0.05) is 0 Å². The second-order valence-electron chi connectivity index (χ2n) is 4.92. The number of sulfone groups is 2. The third kappa shape index (κ3) is 3.47. The van der Waals surface area contributed by atoms with Crippen LogP contribution in [0, 0.1) is 0 Å². The predicted octanol–water partition coefficient (Wildman–Crippen LogP) is 0.673. The van der Waals surface area contributed by atoms with Gasteiger partial charge in [-0.2, -0.15) is 0 Å². The maximum absolute atomic E-state index is 11.7. The first-order valence-corrected chi connectivity index (χ1v) is 9.64. The van der Waals surface area contributed by atoms with Gasteiger partial charge >= 0.3 is 0 Å². The minimum atomic E-state index is -3.32. The first-order chi connectivity index (χ1) is 8.39. The summed E-state index contributed by atoms with van der Waals surface area (Å²) in [6.07, 6.45) is 5.89. The summed E-state index contributed by atoms with van der Waals surface area (Å²) in [5, 5.41) is -0.908. The van der Waals surface area contributed by atoms with Gasteiger partial charge in [0.1, 0.15) is 11.9 Å². The molecule has 0 aromatic heterocycles. The molecule has 0 aromatic carbocycles. The zero-order valence-corrected chi connectivity index (χ0v) is 11.8. The van der Waals surface area contributed by atoms with E-state index in [1.165, 1.54) is 5.57 Å². The molecule has 1 atom stereocenters. The summed E-state index contributed by atoms with van der Waals surface area (Å²) in [4.78, 5) is 0. The highest BCUT2D eigenvalue weighted by molar-refractivity contribution is 7.98. The van der Waals surface area contributed by atoms with Crippen LogP contribution in [0.2, 0.25) is 0 Å². The van der Waals surface area contributed by atoms with Gasteiger partial charge in [-0.3, -0.25) is 0 Å². The molecule has 0 radical (unpaired) electrons. The Bertz CT molecular complexity index is 522. The van der Waals surface area contributed by atoms with Gasteiger partial charge in [0.25, 0.3) is 0 Å². The molecule has 1 unspecified atom stereocenters. The molecule has 0 aromatic rings. The van der Waals surface area contributed by atoms with Crippen molar-refractivity contribution in [2.24, 2.45) is 0 Å². The SMILES string of the molecule is O=S1(=O)CCS(=O)(=O)C(COC=C2CCCC2)C1. The zero-order valence-electron chi connectivity index (χ0n) is 10.2. The molecule has 0 amide bonds. The molecule has 1 heterocycles. The van der Waals surface area contributed by atoms with Crippen LogP contribution in [0.4, 0.5) is 0 Å². The molecule has 1 saturated carbocycles. The lowest BCUT2D eigenvalue weighted by Crippen LogP contribution is -2.42. The van der Waals surface area contributed by atoms with Crippen molar-refractivity contribution in [2.75, 3.05) is 23.9 Å². The Morgan fingerprint density at radius 2 is 1.78 bits per heavy atom. The van der Waals surface area contributed by atoms with E-state index in [1.807, 2.05) is 0 Å². The fraction of sp³-hybridized carbons (Fsp3) is 0.818. The van der Waals surface area contributed by atoms with Gasteiger partial charge in [-0.25, -0.2) is 16.8 Å². The van der Waals surface area contributed by atoms with Crippen LogP contribution in [-0.4, -0.2) is 46.0 Å². The molecular formula is C11H18O5S2. The normalized spacial score (nSPS) is 30.0. The van der Waals surface area contributed by atoms with E-state index >= 15 is 0 Å². The first kappa shape index (κ1) is 13.9. The van der Waals surface area contributed by atoms with E-state index in [9.17, 15) is 16.8 Å².